The predicted octanol–water partition coefficient (Wildman–Crippen LogP) is 3.55. The molecular formula is C26H39N3O5. The summed E-state index contributed by atoms with van der Waals surface area (Å²) < 4.78 is 5.27. The van der Waals surface area contributed by atoms with Crippen LogP contribution in [0.4, 0.5) is 4.79 Å². The highest BCUT2D eigenvalue weighted by atomic mass is 16.6. The van der Waals surface area contributed by atoms with Crippen molar-refractivity contribution in [3.05, 3.63) is 42.0 Å². The Morgan fingerprint density at radius 2 is 2.00 bits per heavy atom. The van der Waals surface area contributed by atoms with Crippen LogP contribution in [-0.4, -0.2) is 58.8 Å². The molecule has 8 heteroatoms. The average molecular weight is 474 g/mol. The van der Waals surface area contributed by atoms with Crippen LogP contribution in [0.2, 0.25) is 0 Å². The lowest BCUT2D eigenvalue weighted by atomic mass is 9.88. The number of alkyl carbamates (subject to hydrolysis) is 1. The molecule has 0 aromatic heterocycles. The van der Waals surface area contributed by atoms with Gasteiger partial charge in [-0.3, -0.25) is 9.59 Å². The molecule has 34 heavy (non-hydrogen) atoms. The topological polar surface area (TPSA) is 108 Å². The minimum absolute atomic E-state index is 0.170. The summed E-state index contributed by atoms with van der Waals surface area (Å²) in [5.74, 6) is -0.804. The molecule has 0 bridgehead atoms. The molecule has 0 heterocycles. The van der Waals surface area contributed by atoms with Crippen molar-refractivity contribution in [1.82, 2.24) is 15.5 Å². The first-order valence-electron chi connectivity index (χ1n) is 12.0. The van der Waals surface area contributed by atoms with E-state index in [0.29, 0.717) is 12.1 Å². The number of rotatable bonds is 11. The van der Waals surface area contributed by atoms with Crippen LogP contribution in [0.5, 0.6) is 0 Å². The molecule has 0 aliphatic heterocycles. The lowest BCUT2D eigenvalue weighted by Crippen LogP contribution is -2.58. The number of benzene rings is 1. The number of amides is 3. The summed E-state index contributed by atoms with van der Waals surface area (Å²) in [7, 11) is 0. The second kappa shape index (κ2) is 12.6. The summed E-state index contributed by atoms with van der Waals surface area (Å²) in [6.07, 6.45) is 5.06. The van der Waals surface area contributed by atoms with Crippen molar-refractivity contribution in [3.8, 4) is 0 Å². The molecule has 1 aliphatic rings. The molecule has 2 unspecified atom stereocenters. The van der Waals surface area contributed by atoms with Crippen molar-refractivity contribution in [1.29, 1.82) is 0 Å². The van der Waals surface area contributed by atoms with Crippen molar-refractivity contribution in [3.63, 3.8) is 0 Å². The molecule has 2 atom stereocenters. The Labute approximate surface area is 202 Å². The maximum atomic E-state index is 13.7. The van der Waals surface area contributed by atoms with Crippen LogP contribution in [0.3, 0.4) is 0 Å². The minimum atomic E-state index is -1.23. The van der Waals surface area contributed by atoms with E-state index in [1.165, 1.54) is 4.90 Å². The molecule has 1 saturated carbocycles. The highest BCUT2D eigenvalue weighted by molar-refractivity contribution is 5.92. The number of aliphatic hydroxyl groups excluding tert-OH is 1. The highest BCUT2D eigenvalue weighted by Gasteiger charge is 2.41. The Bertz CT molecular complexity index is 860. The molecule has 188 valence electrons. The third kappa shape index (κ3) is 7.58. The van der Waals surface area contributed by atoms with Crippen molar-refractivity contribution < 1.29 is 24.2 Å². The van der Waals surface area contributed by atoms with E-state index in [9.17, 15) is 19.5 Å². The van der Waals surface area contributed by atoms with Crippen LogP contribution in [0.1, 0.15) is 77.0 Å². The molecule has 1 fully saturated rings. The van der Waals surface area contributed by atoms with Gasteiger partial charge >= 0.3 is 6.09 Å². The molecule has 1 aliphatic carbocycles. The smallest absolute Gasteiger partial charge is 0.408 e. The van der Waals surface area contributed by atoms with Gasteiger partial charge in [0.15, 0.2) is 0 Å². The van der Waals surface area contributed by atoms with Gasteiger partial charge in [0.1, 0.15) is 17.7 Å². The first-order chi connectivity index (χ1) is 16.1. The van der Waals surface area contributed by atoms with Crippen molar-refractivity contribution in [2.24, 2.45) is 0 Å². The molecule has 0 saturated heterocycles. The van der Waals surface area contributed by atoms with Gasteiger partial charge in [0.25, 0.3) is 0 Å². The summed E-state index contributed by atoms with van der Waals surface area (Å²) in [5, 5.41) is 15.4. The molecular weight excluding hydrogens is 434 g/mol. The zero-order valence-electron chi connectivity index (χ0n) is 20.8. The Kier molecular flexibility index (Phi) is 10.1. The second-order valence-corrected chi connectivity index (χ2v) is 9.63. The normalized spacial score (nSPS) is 15.4. The van der Waals surface area contributed by atoms with E-state index in [2.05, 4.69) is 17.2 Å². The van der Waals surface area contributed by atoms with E-state index in [0.717, 1.165) is 37.7 Å². The first kappa shape index (κ1) is 27.4. The fourth-order valence-electron chi connectivity index (χ4n) is 3.78. The van der Waals surface area contributed by atoms with Gasteiger partial charge < -0.3 is 25.4 Å². The number of aliphatic hydroxyl groups is 1. The number of unbranched alkanes of at least 4 members (excludes halogenated alkanes) is 1. The van der Waals surface area contributed by atoms with Crippen LogP contribution in [0.25, 0.3) is 6.08 Å². The lowest BCUT2D eigenvalue weighted by molar-refractivity contribution is -0.148. The van der Waals surface area contributed by atoms with Gasteiger partial charge in [0.05, 0.1) is 6.61 Å². The Balaban J connectivity index is 2.41. The maximum absolute atomic E-state index is 13.7. The zero-order chi connectivity index (χ0) is 25.3. The monoisotopic (exact) mass is 473 g/mol. The lowest BCUT2D eigenvalue weighted by Gasteiger charge is -2.43. The number of nitrogens with zero attached hydrogens (tertiary/aromatic N) is 1. The van der Waals surface area contributed by atoms with Crippen LogP contribution < -0.4 is 10.6 Å². The van der Waals surface area contributed by atoms with E-state index >= 15 is 0 Å². The number of hydrogen-bond acceptors (Lipinski definition) is 5. The van der Waals surface area contributed by atoms with E-state index in [4.69, 9.17) is 4.74 Å². The summed E-state index contributed by atoms with van der Waals surface area (Å²) in [4.78, 5) is 41.0. The van der Waals surface area contributed by atoms with Crippen molar-refractivity contribution in [2.75, 3.05) is 13.2 Å². The standard InChI is InChI=1S/C26H39N3O5/c1-6-8-15-27-23(31)22(19-12-9-11-18(7-2)16-19)29(20-13-10-14-20)24(32)21(17-30)28-25(33)34-26(3,4)5/h7,9,11-12,16,20-22,30H,2,6,8,10,13-15,17H2,1,3-5H3,(H,27,31)(H,28,33). The molecule has 3 amide bonds. The van der Waals surface area contributed by atoms with E-state index in [-0.39, 0.29) is 11.9 Å². The quantitative estimate of drug-likeness (QED) is 0.426. The number of carbonyl (C=O) groups excluding carboxylic acids is 3. The van der Waals surface area contributed by atoms with E-state index in [1.54, 1.807) is 26.8 Å². The van der Waals surface area contributed by atoms with Crippen LogP contribution in [0.15, 0.2) is 30.8 Å². The van der Waals surface area contributed by atoms with Gasteiger partial charge in [-0.05, 0) is 63.6 Å². The summed E-state index contributed by atoms with van der Waals surface area (Å²) in [6.45, 7) is 10.9. The van der Waals surface area contributed by atoms with Crippen LogP contribution >= 0.6 is 0 Å². The van der Waals surface area contributed by atoms with Crippen molar-refractivity contribution in [2.45, 2.75) is 83.5 Å². The molecule has 2 rings (SSSR count). The fourth-order valence-corrected chi connectivity index (χ4v) is 3.78. The van der Waals surface area contributed by atoms with Gasteiger partial charge in [0.2, 0.25) is 11.8 Å². The van der Waals surface area contributed by atoms with Gasteiger partial charge in [-0.15, -0.1) is 0 Å². The second-order valence-electron chi connectivity index (χ2n) is 9.63. The Morgan fingerprint density at radius 1 is 1.29 bits per heavy atom. The Hall–Kier alpha value is -2.87. The van der Waals surface area contributed by atoms with Gasteiger partial charge in [-0.25, -0.2) is 4.79 Å². The third-order valence-electron chi connectivity index (χ3n) is 5.71. The van der Waals surface area contributed by atoms with Crippen molar-refractivity contribution >= 4 is 24.0 Å². The molecule has 3 N–H and O–H groups in total. The van der Waals surface area contributed by atoms with E-state index in [1.807, 2.05) is 31.2 Å². The van der Waals surface area contributed by atoms with Gasteiger partial charge in [-0.1, -0.05) is 44.2 Å². The summed E-state index contributed by atoms with van der Waals surface area (Å²) >= 11 is 0. The van der Waals surface area contributed by atoms with Gasteiger partial charge in [0, 0.05) is 12.6 Å². The largest absolute Gasteiger partial charge is 0.444 e. The third-order valence-corrected chi connectivity index (χ3v) is 5.71. The minimum Gasteiger partial charge on any atom is -0.444 e. The molecule has 1 aromatic carbocycles. The highest BCUT2D eigenvalue weighted by Crippen LogP contribution is 2.34. The van der Waals surface area contributed by atoms with E-state index < -0.39 is 36.3 Å². The number of nitrogens with one attached hydrogen (secondary N) is 2. The number of carbonyl (C=O) groups is 3. The fraction of sp³-hybridized carbons (Fsp3) is 0.577. The molecule has 1 aromatic rings. The first-order valence-corrected chi connectivity index (χ1v) is 12.0. The predicted molar refractivity (Wildman–Crippen MR) is 132 cm³/mol. The van der Waals surface area contributed by atoms with Gasteiger partial charge in [-0.2, -0.15) is 0 Å². The maximum Gasteiger partial charge on any atom is 0.408 e. The SMILES string of the molecule is C=Cc1cccc(C(C(=O)NCCCC)N(C(=O)C(CO)NC(=O)OC(C)(C)C)C2CCC2)c1. The summed E-state index contributed by atoms with van der Waals surface area (Å²) in [6, 6.07) is 5.05. The Morgan fingerprint density at radius 3 is 2.53 bits per heavy atom. The summed E-state index contributed by atoms with van der Waals surface area (Å²) in [5.41, 5.74) is 0.726. The number of ether oxygens (including phenoxy) is 1. The van der Waals surface area contributed by atoms with Crippen LogP contribution in [-0.2, 0) is 14.3 Å². The molecule has 0 radical (unpaired) electrons. The number of hydrogen-bond donors (Lipinski definition) is 3. The zero-order valence-corrected chi connectivity index (χ0v) is 20.8. The van der Waals surface area contributed by atoms with Crippen LogP contribution in [0, 0.1) is 0 Å². The molecule has 8 nitrogen and oxygen atoms in total. The molecule has 0 spiro atoms. The average Bonchev–Trinajstić information content (AvgIpc) is 2.74.